The first-order valence-corrected chi connectivity index (χ1v) is 10.8. The molecule has 3 N–H and O–H groups in total. The molecule has 0 bridgehead atoms. The molecule has 1 aliphatic heterocycles. The highest BCUT2D eigenvalue weighted by atomic mass is 16.6. The second kappa shape index (κ2) is 11.7. The van der Waals surface area contributed by atoms with E-state index in [9.17, 15) is 19.2 Å². The molecule has 0 saturated carbocycles. The van der Waals surface area contributed by atoms with E-state index in [1.807, 2.05) is 30.3 Å². The van der Waals surface area contributed by atoms with Crippen LogP contribution >= 0.6 is 0 Å². The molecular formula is C24H27N3O7. The van der Waals surface area contributed by atoms with E-state index in [2.05, 4.69) is 16.0 Å². The van der Waals surface area contributed by atoms with Gasteiger partial charge in [0, 0.05) is 11.8 Å². The van der Waals surface area contributed by atoms with Gasteiger partial charge in [0.1, 0.15) is 19.3 Å². The van der Waals surface area contributed by atoms with Crippen LogP contribution in [0.15, 0.2) is 48.5 Å². The zero-order chi connectivity index (χ0) is 24.5. The molecule has 4 amide bonds. The SMILES string of the molecule is CC(C)[C@H](NC(=O)Cc1ccccc1)C(=O)OCC(=O)NC(=O)Nc1ccc2c(c1)OCCO2. The van der Waals surface area contributed by atoms with Crippen LogP contribution in [-0.4, -0.2) is 49.7 Å². The second-order valence-corrected chi connectivity index (χ2v) is 7.92. The van der Waals surface area contributed by atoms with E-state index >= 15 is 0 Å². The molecule has 34 heavy (non-hydrogen) atoms. The van der Waals surface area contributed by atoms with Crippen molar-refractivity contribution in [2.24, 2.45) is 5.92 Å². The molecule has 10 heteroatoms. The maximum Gasteiger partial charge on any atom is 0.329 e. The Labute approximate surface area is 196 Å². The number of fused-ring (bicyclic) bond motifs is 1. The molecule has 0 radical (unpaired) electrons. The lowest BCUT2D eigenvalue weighted by Gasteiger charge is -2.21. The van der Waals surface area contributed by atoms with Gasteiger partial charge in [-0.25, -0.2) is 9.59 Å². The fraction of sp³-hybridized carbons (Fsp3) is 0.333. The van der Waals surface area contributed by atoms with Gasteiger partial charge in [0.25, 0.3) is 5.91 Å². The van der Waals surface area contributed by atoms with Crippen molar-refractivity contribution in [1.82, 2.24) is 10.6 Å². The van der Waals surface area contributed by atoms with Gasteiger partial charge < -0.3 is 24.8 Å². The second-order valence-electron chi connectivity index (χ2n) is 7.92. The number of imide groups is 1. The summed E-state index contributed by atoms with van der Waals surface area (Å²) in [6, 6.07) is 12.2. The van der Waals surface area contributed by atoms with Crippen LogP contribution in [-0.2, 0) is 25.5 Å². The largest absolute Gasteiger partial charge is 0.486 e. The number of esters is 1. The van der Waals surface area contributed by atoms with Gasteiger partial charge in [0.15, 0.2) is 18.1 Å². The van der Waals surface area contributed by atoms with E-state index < -0.39 is 30.6 Å². The summed E-state index contributed by atoms with van der Waals surface area (Å²) in [6.07, 6.45) is 0.109. The van der Waals surface area contributed by atoms with Gasteiger partial charge in [0.2, 0.25) is 5.91 Å². The third-order valence-corrected chi connectivity index (χ3v) is 4.84. The van der Waals surface area contributed by atoms with Crippen LogP contribution in [0.25, 0.3) is 0 Å². The van der Waals surface area contributed by atoms with Gasteiger partial charge in [-0.3, -0.25) is 14.9 Å². The summed E-state index contributed by atoms with van der Waals surface area (Å²) in [4.78, 5) is 48.9. The fourth-order valence-electron chi connectivity index (χ4n) is 3.18. The highest BCUT2D eigenvalue weighted by molar-refractivity contribution is 6.02. The molecule has 1 aliphatic rings. The molecular weight excluding hydrogens is 442 g/mol. The minimum atomic E-state index is -0.935. The van der Waals surface area contributed by atoms with Crippen LogP contribution in [0.3, 0.4) is 0 Å². The number of amides is 4. The minimum absolute atomic E-state index is 0.109. The van der Waals surface area contributed by atoms with Crippen LogP contribution in [0.2, 0.25) is 0 Å². The van der Waals surface area contributed by atoms with Crippen LogP contribution < -0.4 is 25.4 Å². The number of nitrogens with one attached hydrogen (secondary N) is 3. The molecule has 1 atom stereocenters. The maximum absolute atomic E-state index is 12.4. The van der Waals surface area contributed by atoms with Crippen LogP contribution in [0.4, 0.5) is 10.5 Å². The Morgan fingerprint density at radius 2 is 1.65 bits per heavy atom. The van der Waals surface area contributed by atoms with Crippen LogP contribution in [0.1, 0.15) is 19.4 Å². The van der Waals surface area contributed by atoms with E-state index in [1.165, 1.54) is 0 Å². The Morgan fingerprint density at radius 1 is 0.941 bits per heavy atom. The Balaban J connectivity index is 1.45. The third-order valence-electron chi connectivity index (χ3n) is 4.84. The standard InChI is InChI=1S/C24H27N3O7/c1-15(2)22(26-20(28)12-16-6-4-3-5-7-16)23(30)34-14-21(29)27-24(31)25-17-8-9-18-19(13-17)33-11-10-32-18/h3-9,13,15,22H,10-12,14H2,1-2H3,(H,26,28)(H2,25,27,29,31)/t22-/m0/s1. The lowest BCUT2D eigenvalue weighted by molar-refractivity contribution is -0.152. The van der Waals surface area contributed by atoms with E-state index in [0.29, 0.717) is 30.4 Å². The molecule has 2 aromatic rings. The maximum atomic E-state index is 12.4. The Morgan fingerprint density at radius 3 is 2.35 bits per heavy atom. The van der Waals surface area contributed by atoms with E-state index in [-0.39, 0.29) is 18.2 Å². The summed E-state index contributed by atoms with van der Waals surface area (Å²) in [7, 11) is 0. The zero-order valence-electron chi connectivity index (χ0n) is 19.0. The molecule has 0 fully saturated rings. The smallest absolute Gasteiger partial charge is 0.329 e. The predicted octanol–water partition coefficient (Wildman–Crippen LogP) is 2.03. The Kier molecular flexibility index (Phi) is 8.44. The molecule has 0 aliphatic carbocycles. The highest BCUT2D eigenvalue weighted by Gasteiger charge is 2.26. The van der Waals surface area contributed by atoms with Crippen molar-refractivity contribution in [2.45, 2.75) is 26.3 Å². The minimum Gasteiger partial charge on any atom is -0.486 e. The van der Waals surface area contributed by atoms with Crippen molar-refractivity contribution in [1.29, 1.82) is 0 Å². The van der Waals surface area contributed by atoms with Crippen molar-refractivity contribution < 1.29 is 33.4 Å². The first kappa shape index (κ1) is 24.6. The third kappa shape index (κ3) is 7.22. The number of hydrogen-bond donors (Lipinski definition) is 3. The molecule has 0 spiro atoms. The number of benzene rings is 2. The first-order chi connectivity index (χ1) is 16.3. The van der Waals surface area contributed by atoms with Gasteiger partial charge in [-0.15, -0.1) is 0 Å². The molecule has 0 aromatic heterocycles. The van der Waals surface area contributed by atoms with Crippen LogP contribution in [0, 0.1) is 5.92 Å². The monoisotopic (exact) mass is 469 g/mol. The number of rotatable bonds is 8. The molecule has 3 rings (SSSR count). The summed E-state index contributed by atoms with van der Waals surface area (Å²) in [5.74, 6) is -1.15. The van der Waals surface area contributed by atoms with Gasteiger partial charge in [-0.2, -0.15) is 0 Å². The highest BCUT2D eigenvalue weighted by Crippen LogP contribution is 2.32. The van der Waals surface area contributed by atoms with Crippen LogP contribution in [0.5, 0.6) is 11.5 Å². The number of carbonyl (C=O) groups is 4. The van der Waals surface area contributed by atoms with Crippen molar-refractivity contribution >= 4 is 29.5 Å². The molecule has 0 saturated heterocycles. The molecule has 10 nitrogen and oxygen atoms in total. The van der Waals surface area contributed by atoms with Gasteiger partial charge in [-0.05, 0) is 23.6 Å². The van der Waals surface area contributed by atoms with Gasteiger partial charge in [0.05, 0.1) is 6.42 Å². The van der Waals surface area contributed by atoms with Crippen molar-refractivity contribution in [2.75, 3.05) is 25.1 Å². The Hall–Kier alpha value is -4.08. The van der Waals surface area contributed by atoms with Crippen molar-refractivity contribution in [3.8, 4) is 11.5 Å². The van der Waals surface area contributed by atoms with E-state index in [4.69, 9.17) is 14.2 Å². The first-order valence-electron chi connectivity index (χ1n) is 10.8. The van der Waals surface area contributed by atoms with Crippen molar-refractivity contribution in [3.05, 3.63) is 54.1 Å². The number of ether oxygens (including phenoxy) is 3. The number of anilines is 1. The van der Waals surface area contributed by atoms with E-state index in [1.54, 1.807) is 32.0 Å². The van der Waals surface area contributed by atoms with Gasteiger partial charge >= 0.3 is 12.0 Å². The lowest BCUT2D eigenvalue weighted by atomic mass is 10.0. The quantitative estimate of drug-likeness (QED) is 0.504. The zero-order valence-corrected chi connectivity index (χ0v) is 19.0. The summed E-state index contributed by atoms with van der Waals surface area (Å²) in [6.45, 7) is 3.66. The molecule has 2 aromatic carbocycles. The Bertz CT molecular complexity index is 1040. The average Bonchev–Trinajstić information content (AvgIpc) is 2.81. The number of carbonyl (C=O) groups excluding carboxylic acids is 4. The normalized spacial score (nSPS) is 12.9. The van der Waals surface area contributed by atoms with Gasteiger partial charge in [-0.1, -0.05) is 44.2 Å². The predicted molar refractivity (Wildman–Crippen MR) is 122 cm³/mol. The summed E-state index contributed by atoms with van der Waals surface area (Å²) in [5, 5.41) is 7.22. The molecule has 0 unspecified atom stereocenters. The lowest BCUT2D eigenvalue weighted by Crippen LogP contribution is -2.47. The fourth-order valence-corrected chi connectivity index (χ4v) is 3.18. The van der Waals surface area contributed by atoms with E-state index in [0.717, 1.165) is 5.56 Å². The number of hydrogen-bond acceptors (Lipinski definition) is 7. The average molecular weight is 469 g/mol. The van der Waals surface area contributed by atoms with Crippen molar-refractivity contribution in [3.63, 3.8) is 0 Å². The summed E-state index contributed by atoms with van der Waals surface area (Å²) < 4.78 is 15.9. The summed E-state index contributed by atoms with van der Waals surface area (Å²) >= 11 is 0. The molecule has 180 valence electrons. The molecule has 1 heterocycles. The summed E-state index contributed by atoms with van der Waals surface area (Å²) in [5.41, 5.74) is 1.20. The number of urea groups is 1. The topological polar surface area (TPSA) is 132 Å².